The van der Waals surface area contributed by atoms with Gasteiger partial charge >= 0.3 is 18.7 Å². The number of ether oxygens (including phenoxy) is 3. The molecule has 0 bridgehead atoms. The molecule has 2 aliphatic rings. The van der Waals surface area contributed by atoms with Crippen molar-refractivity contribution in [3.8, 4) is 5.88 Å². The van der Waals surface area contributed by atoms with E-state index in [2.05, 4.69) is 30.7 Å². The van der Waals surface area contributed by atoms with E-state index in [-0.39, 0.29) is 35.4 Å². The lowest BCUT2D eigenvalue weighted by Gasteiger charge is -2.25. The minimum absolute atomic E-state index is 0.0871. The molecule has 4 heterocycles. The van der Waals surface area contributed by atoms with Gasteiger partial charge in [0.25, 0.3) is 5.91 Å². The lowest BCUT2D eigenvalue weighted by molar-refractivity contribution is -0.149. The number of alkyl halides is 1. The van der Waals surface area contributed by atoms with Crippen molar-refractivity contribution >= 4 is 53.1 Å². The van der Waals surface area contributed by atoms with Crippen LogP contribution in [-0.4, -0.2) is 97.6 Å². The minimum Gasteiger partial charge on any atom is -0.476 e. The van der Waals surface area contributed by atoms with Crippen molar-refractivity contribution in [3.63, 3.8) is 0 Å². The number of aliphatic hydroxyl groups is 1. The number of nitrogen functional groups attached to an aromatic ring is 1. The highest BCUT2D eigenvalue weighted by Crippen LogP contribution is 2.57. The summed E-state index contributed by atoms with van der Waals surface area (Å²) in [5, 5.41) is 17.9. The molecule has 7 atom stereocenters. The fourth-order valence-corrected chi connectivity index (χ4v) is 8.19. The molecule has 43 heavy (non-hydrogen) atoms. The molecule has 0 aromatic carbocycles. The number of halogens is 1. The summed E-state index contributed by atoms with van der Waals surface area (Å²) in [6.07, 6.45) is -3.81. The predicted octanol–water partition coefficient (Wildman–Crippen LogP) is 0.789. The molecule has 20 heteroatoms. The first-order valence-electron chi connectivity index (χ1n) is 13.3. The first kappa shape index (κ1) is 32.8. The van der Waals surface area contributed by atoms with Crippen LogP contribution in [0.4, 0.5) is 15.1 Å². The Kier molecular flexibility index (Phi) is 9.82. The third-order valence-electron chi connectivity index (χ3n) is 6.39. The normalized spacial score (nSPS) is 27.6. The molecule has 2 aromatic heterocycles. The average molecular weight is 649 g/mol. The van der Waals surface area contributed by atoms with E-state index in [1.165, 1.54) is 17.8 Å². The van der Waals surface area contributed by atoms with Crippen LogP contribution in [0, 0.1) is 0 Å². The fourth-order valence-electron chi connectivity index (χ4n) is 4.32. The van der Waals surface area contributed by atoms with E-state index in [1.807, 2.05) is 0 Å². The summed E-state index contributed by atoms with van der Waals surface area (Å²) >= 11 is 0.632. The van der Waals surface area contributed by atoms with Crippen LogP contribution >= 0.6 is 18.1 Å². The van der Waals surface area contributed by atoms with E-state index in [9.17, 15) is 24.1 Å². The van der Waals surface area contributed by atoms with Crippen LogP contribution in [0.2, 0.25) is 0 Å². The van der Waals surface area contributed by atoms with Crippen molar-refractivity contribution in [1.29, 1.82) is 0 Å². The first-order valence-corrected chi connectivity index (χ1v) is 16.5. The van der Waals surface area contributed by atoms with Gasteiger partial charge in [0.1, 0.15) is 24.3 Å². The van der Waals surface area contributed by atoms with E-state index < -0.39 is 73.5 Å². The Bertz CT molecular complexity index is 1430. The van der Waals surface area contributed by atoms with Gasteiger partial charge in [-0.15, -0.1) is 0 Å². The highest BCUT2D eigenvalue weighted by Gasteiger charge is 2.56. The second-order valence-corrected chi connectivity index (χ2v) is 14.5. The second kappa shape index (κ2) is 12.9. The maximum atomic E-state index is 16.0. The summed E-state index contributed by atoms with van der Waals surface area (Å²) in [7, 11) is 0. The Hall–Kier alpha value is -3.09. The molecule has 238 valence electrons. The summed E-state index contributed by atoms with van der Waals surface area (Å²) in [6.45, 7) is 3.10. The van der Waals surface area contributed by atoms with Gasteiger partial charge in [-0.1, -0.05) is 11.4 Å². The fraction of sp³-hybridized carbons (Fsp3) is 0.652. The van der Waals surface area contributed by atoms with E-state index >= 15 is 4.39 Å². The van der Waals surface area contributed by atoms with Crippen LogP contribution in [0.5, 0.6) is 5.88 Å². The second-order valence-electron chi connectivity index (χ2n) is 10.2. The number of anilines is 1. The lowest BCUT2D eigenvalue weighted by atomic mass is 9.98. The average Bonchev–Trinajstić information content (AvgIpc) is 3.54. The number of rotatable bonds is 13. The molecule has 3 amide bonds. The van der Waals surface area contributed by atoms with Crippen molar-refractivity contribution in [2.75, 3.05) is 24.7 Å². The third-order valence-corrected chi connectivity index (χ3v) is 10.5. The molecule has 2 aromatic rings. The highest BCUT2D eigenvalue weighted by atomic mass is 32.7. The number of carbonyl (C=O) groups is 3. The Morgan fingerprint density at radius 3 is 2.72 bits per heavy atom. The van der Waals surface area contributed by atoms with Crippen molar-refractivity contribution in [2.24, 2.45) is 0 Å². The van der Waals surface area contributed by atoms with Gasteiger partial charge in [-0.2, -0.15) is 9.97 Å². The van der Waals surface area contributed by atoms with Crippen LogP contribution in [0.15, 0.2) is 6.33 Å². The number of aliphatic hydroxyl groups excluding tert-OH is 1. The van der Waals surface area contributed by atoms with Crippen LogP contribution in [0.3, 0.4) is 0 Å². The molecule has 4 rings (SSSR count). The molecule has 2 fully saturated rings. The number of amides is 3. The molecule has 17 nitrogen and oxygen atoms in total. The number of nitrogens with two attached hydrogens (primary N) is 1. The number of nitrogens with zero attached hydrogens (tertiary/aromatic N) is 4. The largest absolute Gasteiger partial charge is 0.476 e. The predicted molar refractivity (Wildman–Crippen MR) is 151 cm³/mol. The van der Waals surface area contributed by atoms with Crippen molar-refractivity contribution in [2.45, 2.75) is 76.9 Å². The molecular formula is C23H34FN8O9PS. The number of urea groups is 1. The van der Waals surface area contributed by atoms with Gasteiger partial charge in [0.15, 0.2) is 23.1 Å². The van der Waals surface area contributed by atoms with Gasteiger partial charge in [0.05, 0.1) is 25.6 Å². The zero-order valence-electron chi connectivity index (χ0n) is 24.0. The number of esters is 1. The molecule has 0 saturated carbocycles. The van der Waals surface area contributed by atoms with Crippen molar-refractivity contribution in [1.82, 2.24) is 35.2 Å². The molecular weight excluding hydrogens is 614 g/mol. The van der Waals surface area contributed by atoms with Gasteiger partial charge in [-0.3, -0.25) is 24.0 Å². The van der Waals surface area contributed by atoms with Crippen LogP contribution < -0.4 is 26.2 Å². The van der Waals surface area contributed by atoms with Crippen LogP contribution in [-0.2, 0) is 28.2 Å². The summed E-state index contributed by atoms with van der Waals surface area (Å²) in [5.74, 6) is -1.62. The van der Waals surface area contributed by atoms with Gasteiger partial charge in [-0.05, 0) is 34.6 Å². The zero-order chi connectivity index (χ0) is 31.7. The van der Waals surface area contributed by atoms with Gasteiger partial charge in [0.2, 0.25) is 11.8 Å². The quantitative estimate of drug-likeness (QED) is 0.115. The summed E-state index contributed by atoms with van der Waals surface area (Å²) < 4.78 is 53.3. The number of imide groups is 1. The van der Waals surface area contributed by atoms with E-state index in [0.717, 1.165) is 6.92 Å². The molecule has 6 N–H and O–H groups in total. The standard InChI is InChI=1S/C23H34FN8O9PS/c1-6-38-18-14-16(28-21(25)30-18)32(9-26-14)20-23(5,24)15(33)13(41-20)7-39-42(37,31-11(4)19(35)40-10(2)3)43-8-12-17(34)29-22(36)27-12/h9-13,15,20,33H,6-8H2,1-5H3,(H,31,37)(H2,25,28,30)(H2,27,29,34,36)/t11-,12+,13-,15-,20-,23-,42-/m1/s1. The number of fused-ring (bicyclic) bond motifs is 1. The van der Waals surface area contributed by atoms with Crippen LogP contribution in [0.1, 0.15) is 40.8 Å². The Morgan fingerprint density at radius 1 is 1.37 bits per heavy atom. The molecule has 0 radical (unpaired) electrons. The topological polar surface area (TPSA) is 231 Å². The van der Waals surface area contributed by atoms with Crippen molar-refractivity contribution in [3.05, 3.63) is 6.33 Å². The summed E-state index contributed by atoms with van der Waals surface area (Å²) in [6, 6.07) is -2.86. The zero-order valence-corrected chi connectivity index (χ0v) is 25.7. The summed E-state index contributed by atoms with van der Waals surface area (Å²) in [4.78, 5) is 48.2. The third kappa shape index (κ3) is 7.18. The molecule has 0 aliphatic carbocycles. The minimum atomic E-state index is -4.08. The number of aromatic nitrogens is 4. The smallest absolute Gasteiger partial charge is 0.327 e. The Balaban J connectivity index is 1.53. The van der Waals surface area contributed by atoms with Gasteiger partial charge in [-0.25, -0.2) is 19.3 Å². The Labute approximate surface area is 249 Å². The Morgan fingerprint density at radius 2 is 2.09 bits per heavy atom. The van der Waals surface area contributed by atoms with E-state index in [1.54, 1.807) is 20.8 Å². The monoisotopic (exact) mass is 648 g/mol. The van der Waals surface area contributed by atoms with E-state index in [4.69, 9.17) is 24.5 Å². The molecule has 2 saturated heterocycles. The maximum absolute atomic E-state index is 16.0. The molecule has 2 aliphatic heterocycles. The number of hydrogen-bond acceptors (Lipinski definition) is 14. The SMILES string of the molecule is CCOc1nc(N)nc2c1ncn2[C@@H]1O[C@H](CO[P@](=O)(N[C@H](C)C(=O)OC(C)C)SC[C@@H]2NC(=O)NC2=O)[C@@H](O)[C@@]1(C)F. The van der Waals surface area contributed by atoms with E-state index in [0.29, 0.717) is 11.4 Å². The van der Waals surface area contributed by atoms with Gasteiger partial charge < -0.3 is 34.9 Å². The number of nitrogens with one attached hydrogen (secondary N) is 3. The maximum Gasteiger partial charge on any atom is 0.327 e. The molecule has 0 unspecified atom stereocenters. The summed E-state index contributed by atoms with van der Waals surface area (Å²) in [5.41, 5.74) is 3.68. The first-order chi connectivity index (χ1) is 20.1. The van der Waals surface area contributed by atoms with Crippen LogP contribution in [0.25, 0.3) is 11.2 Å². The number of imidazole rings is 1. The van der Waals surface area contributed by atoms with Gasteiger partial charge in [0, 0.05) is 5.75 Å². The number of carbonyl (C=O) groups excluding carboxylic acids is 3. The number of hydrogen-bond donors (Lipinski definition) is 5. The lowest BCUT2D eigenvalue weighted by Crippen LogP contribution is -2.41. The highest BCUT2D eigenvalue weighted by molar-refractivity contribution is 8.56. The van der Waals surface area contributed by atoms with Crippen molar-refractivity contribution < 1.29 is 47.2 Å². The molecule has 0 spiro atoms.